The van der Waals surface area contributed by atoms with Gasteiger partial charge in [-0.3, -0.25) is 4.98 Å². The number of hydrogen-bond acceptors (Lipinski definition) is 6. The molecule has 0 atom stereocenters. The van der Waals surface area contributed by atoms with Crippen molar-refractivity contribution in [1.82, 2.24) is 4.98 Å². The Bertz CT molecular complexity index is 812. The summed E-state index contributed by atoms with van der Waals surface area (Å²) >= 11 is 0. The monoisotopic (exact) mass is 371 g/mol. The molecule has 2 aromatic rings. The van der Waals surface area contributed by atoms with E-state index in [2.05, 4.69) is 4.98 Å². The van der Waals surface area contributed by atoms with Crippen LogP contribution in [0.1, 0.15) is 35.0 Å². The highest BCUT2D eigenvalue weighted by Crippen LogP contribution is 2.28. The van der Waals surface area contributed by atoms with Crippen molar-refractivity contribution in [2.45, 2.75) is 33.3 Å². The summed E-state index contributed by atoms with van der Waals surface area (Å²) in [5.74, 6) is 0.245. The Hall–Kier alpha value is -2.86. The number of methoxy groups -OCH3 is 1. The van der Waals surface area contributed by atoms with Gasteiger partial charge in [-0.05, 0) is 50.5 Å². The van der Waals surface area contributed by atoms with E-state index in [4.69, 9.17) is 9.47 Å². The van der Waals surface area contributed by atoms with E-state index in [1.807, 2.05) is 24.3 Å². The number of aromatic nitrogens is 1. The van der Waals surface area contributed by atoms with Crippen LogP contribution in [0.2, 0.25) is 0 Å². The molecule has 0 fully saturated rings. The largest absolute Gasteiger partial charge is 0.506 e. The smallest absolute Gasteiger partial charge is 0.330 e. The molecule has 0 saturated heterocycles. The molecule has 27 heavy (non-hydrogen) atoms. The number of aliphatic hydroxyl groups excluding tert-OH is 1. The molecular formula is C21H25NO5. The normalized spacial score (nSPS) is 11.0. The molecule has 0 spiro atoms. The quantitative estimate of drug-likeness (QED) is 0.548. The number of carbonyl (C=O) groups is 1. The number of rotatable bonds is 8. The third-order valence-corrected chi connectivity index (χ3v) is 4.21. The molecular weight excluding hydrogens is 346 g/mol. The summed E-state index contributed by atoms with van der Waals surface area (Å²) in [5.41, 5.74) is 3.15. The van der Waals surface area contributed by atoms with Crippen molar-refractivity contribution in [2.75, 3.05) is 13.7 Å². The Kier molecular flexibility index (Phi) is 7.37. The maximum Gasteiger partial charge on any atom is 0.330 e. The Morgan fingerprint density at radius 2 is 1.93 bits per heavy atom. The van der Waals surface area contributed by atoms with Crippen molar-refractivity contribution >= 4 is 12.0 Å². The van der Waals surface area contributed by atoms with Crippen molar-refractivity contribution in [3.8, 4) is 11.5 Å². The average molecular weight is 371 g/mol. The molecule has 0 aliphatic carbocycles. The molecule has 144 valence electrons. The summed E-state index contributed by atoms with van der Waals surface area (Å²) in [5, 5.41) is 19.9. The SMILES string of the molecule is CCOC(=O)C=Cc1c(CCc2ccc(OC)cc2)nc(C)c(O)c1CO. The van der Waals surface area contributed by atoms with Crippen LogP contribution in [0.4, 0.5) is 0 Å². The molecule has 0 aliphatic rings. The highest BCUT2D eigenvalue weighted by Gasteiger charge is 2.15. The van der Waals surface area contributed by atoms with Gasteiger partial charge < -0.3 is 19.7 Å². The van der Waals surface area contributed by atoms with Gasteiger partial charge in [0.25, 0.3) is 0 Å². The predicted octanol–water partition coefficient (Wildman–Crippen LogP) is 2.96. The Morgan fingerprint density at radius 1 is 1.22 bits per heavy atom. The van der Waals surface area contributed by atoms with Crippen LogP contribution in [-0.2, 0) is 29.0 Å². The van der Waals surface area contributed by atoms with E-state index >= 15 is 0 Å². The zero-order chi connectivity index (χ0) is 19.8. The lowest BCUT2D eigenvalue weighted by molar-refractivity contribution is -0.137. The van der Waals surface area contributed by atoms with Gasteiger partial charge in [0.15, 0.2) is 0 Å². The van der Waals surface area contributed by atoms with Gasteiger partial charge in [0, 0.05) is 22.9 Å². The Labute approximate surface area is 159 Å². The first-order valence-corrected chi connectivity index (χ1v) is 8.80. The van der Waals surface area contributed by atoms with Gasteiger partial charge in [0.2, 0.25) is 0 Å². The molecule has 0 aliphatic heterocycles. The number of aryl methyl sites for hydroxylation is 3. The maximum atomic E-state index is 11.7. The standard InChI is InChI=1S/C21H25NO5/c1-4-27-20(24)12-10-17-18(13-23)21(25)14(2)22-19(17)11-7-15-5-8-16(26-3)9-6-15/h5-6,8-10,12,23,25H,4,7,11,13H2,1-3H3. The minimum Gasteiger partial charge on any atom is -0.506 e. The van der Waals surface area contributed by atoms with Crippen LogP contribution in [0.15, 0.2) is 30.3 Å². The van der Waals surface area contributed by atoms with Crippen molar-refractivity contribution in [3.05, 3.63) is 58.4 Å². The van der Waals surface area contributed by atoms with Crippen molar-refractivity contribution in [2.24, 2.45) is 0 Å². The molecule has 0 saturated carbocycles. The number of aromatic hydroxyl groups is 1. The van der Waals surface area contributed by atoms with E-state index in [1.165, 1.54) is 6.08 Å². The molecule has 0 bridgehead atoms. The highest BCUT2D eigenvalue weighted by atomic mass is 16.5. The maximum absolute atomic E-state index is 11.7. The lowest BCUT2D eigenvalue weighted by Gasteiger charge is -2.14. The van der Waals surface area contributed by atoms with Gasteiger partial charge in [0.1, 0.15) is 11.5 Å². The summed E-state index contributed by atoms with van der Waals surface area (Å²) < 4.78 is 10.1. The number of ether oxygens (including phenoxy) is 2. The van der Waals surface area contributed by atoms with E-state index in [9.17, 15) is 15.0 Å². The highest BCUT2D eigenvalue weighted by molar-refractivity contribution is 5.87. The summed E-state index contributed by atoms with van der Waals surface area (Å²) in [6, 6.07) is 7.75. The fourth-order valence-electron chi connectivity index (χ4n) is 2.78. The molecule has 6 nitrogen and oxygen atoms in total. The number of carbonyl (C=O) groups excluding carboxylic acids is 1. The lowest BCUT2D eigenvalue weighted by atomic mass is 9.99. The third kappa shape index (κ3) is 5.31. The molecule has 1 aromatic carbocycles. The Morgan fingerprint density at radius 3 is 2.52 bits per heavy atom. The Balaban J connectivity index is 2.32. The van der Waals surface area contributed by atoms with Gasteiger partial charge in [-0.25, -0.2) is 4.79 Å². The lowest BCUT2D eigenvalue weighted by Crippen LogP contribution is -2.06. The molecule has 0 radical (unpaired) electrons. The summed E-state index contributed by atoms with van der Waals surface area (Å²) in [6.07, 6.45) is 4.12. The number of benzene rings is 1. The predicted molar refractivity (Wildman–Crippen MR) is 103 cm³/mol. The van der Waals surface area contributed by atoms with Crippen LogP contribution in [-0.4, -0.2) is 34.9 Å². The van der Waals surface area contributed by atoms with Crippen molar-refractivity contribution in [3.63, 3.8) is 0 Å². The summed E-state index contributed by atoms with van der Waals surface area (Å²) in [6.45, 7) is 3.33. The van der Waals surface area contributed by atoms with E-state index in [1.54, 1.807) is 27.0 Å². The second-order valence-corrected chi connectivity index (χ2v) is 5.98. The average Bonchev–Trinajstić information content (AvgIpc) is 2.68. The molecule has 1 heterocycles. The van der Waals surface area contributed by atoms with Gasteiger partial charge in [0.05, 0.1) is 26.0 Å². The van der Waals surface area contributed by atoms with Gasteiger partial charge in [-0.1, -0.05) is 12.1 Å². The van der Waals surface area contributed by atoms with E-state index in [-0.39, 0.29) is 19.0 Å². The minimum atomic E-state index is -0.484. The van der Waals surface area contributed by atoms with Crippen molar-refractivity contribution < 1.29 is 24.5 Å². The number of pyridine rings is 1. The van der Waals surface area contributed by atoms with Crippen LogP contribution < -0.4 is 4.74 Å². The number of nitrogens with zero attached hydrogens (tertiary/aromatic N) is 1. The van der Waals surface area contributed by atoms with Crippen molar-refractivity contribution in [1.29, 1.82) is 0 Å². The van der Waals surface area contributed by atoms with Crippen LogP contribution in [0.25, 0.3) is 6.08 Å². The molecule has 2 N–H and O–H groups in total. The minimum absolute atomic E-state index is 0.0609. The third-order valence-electron chi connectivity index (χ3n) is 4.21. The molecule has 1 aromatic heterocycles. The van der Waals surface area contributed by atoms with Crippen LogP contribution >= 0.6 is 0 Å². The van der Waals surface area contributed by atoms with Crippen LogP contribution in [0.3, 0.4) is 0 Å². The van der Waals surface area contributed by atoms with E-state index in [0.717, 1.165) is 11.3 Å². The van der Waals surface area contributed by atoms with E-state index < -0.39 is 5.97 Å². The first-order valence-electron chi connectivity index (χ1n) is 8.80. The molecule has 6 heteroatoms. The second-order valence-electron chi connectivity index (χ2n) is 5.98. The van der Waals surface area contributed by atoms with Gasteiger partial charge in [-0.2, -0.15) is 0 Å². The number of hydrogen-bond donors (Lipinski definition) is 2. The number of aliphatic hydroxyl groups is 1. The topological polar surface area (TPSA) is 88.9 Å². The first-order chi connectivity index (χ1) is 13.0. The number of esters is 1. The van der Waals surface area contributed by atoms with Gasteiger partial charge >= 0.3 is 5.97 Å². The zero-order valence-corrected chi connectivity index (χ0v) is 15.9. The molecule has 0 amide bonds. The fraction of sp³-hybridized carbons (Fsp3) is 0.333. The van der Waals surface area contributed by atoms with Gasteiger partial charge in [-0.15, -0.1) is 0 Å². The molecule has 2 rings (SSSR count). The van der Waals surface area contributed by atoms with Crippen LogP contribution in [0.5, 0.6) is 11.5 Å². The van der Waals surface area contributed by atoms with E-state index in [0.29, 0.717) is 35.4 Å². The molecule has 0 unspecified atom stereocenters. The first kappa shape index (κ1) is 20.5. The zero-order valence-electron chi connectivity index (χ0n) is 15.9. The summed E-state index contributed by atoms with van der Waals surface area (Å²) in [4.78, 5) is 16.1. The summed E-state index contributed by atoms with van der Waals surface area (Å²) in [7, 11) is 1.62. The van der Waals surface area contributed by atoms with Crippen LogP contribution in [0, 0.1) is 6.92 Å². The second kappa shape index (κ2) is 9.73. The fourth-order valence-corrected chi connectivity index (χ4v) is 2.78.